The normalized spacial score (nSPS) is 10.4. The summed E-state index contributed by atoms with van der Waals surface area (Å²) in [6.45, 7) is 0. The van der Waals surface area contributed by atoms with E-state index in [0.717, 1.165) is 35.9 Å². The van der Waals surface area contributed by atoms with Crippen molar-refractivity contribution in [3.8, 4) is 0 Å². The molecule has 372 valence electrons. The van der Waals surface area contributed by atoms with Crippen LogP contribution in [0, 0.1) is 0 Å². The topological polar surface area (TPSA) is 0 Å². The minimum atomic E-state index is -0.629. The fourth-order valence-corrected chi connectivity index (χ4v) is 20.2. The van der Waals surface area contributed by atoms with E-state index in [1.54, 1.807) is 0 Å². The smallest absolute Gasteiger partial charge is 0.792 e. The van der Waals surface area contributed by atoms with Gasteiger partial charge in [0.25, 0.3) is 0 Å². The summed E-state index contributed by atoms with van der Waals surface area (Å²) in [5.74, 6) is 3.70. The van der Waals surface area contributed by atoms with Crippen LogP contribution in [0.2, 0.25) is 0 Å². The number of benzene rings is 8. The van der Waals surface area contributed by atoms with Gasteiger partial charge in [-0.15, -0.1) is 0 Å². The monoisotopic (exact) mass is 1170 g/mol. The van der Waals surface area contributed by atoms with Crippen molar-refractivity contribution in [3.63, 3.8) is 0 Å². The molecule has 0 heterocycles. The first-order valence-electron chi connectivity index (χ1n) is 23.9. The molecule has 0 saturated carbocycles. The van der Waals surface area contributed by atoms with Crippen LogP contribution >= 0.6 is 56.9 Å². The Morgan fingerprint density at radius 1 is 0.243 bits per heavy atom. The third-order valence-corrected chi connectivity index (χ3v) is 24.2. The van der Waals surface area contributed by atoms with E-state index >= 15 is 0 Å². The summed E-state index contributed by atoms with van der Waals surface area (Å²) in [6, 6.07) is 87.1. The zero-order valence-corrected chi connectivity index (χ0v) is 49.2. The molecule has 0 spiro atoms. The Morgan fingerprint density at radius 3 is 0.514 bits per heavy atom. The molecule has 0 bridgehead atoms. The number of thiol groups is 2. The fourth-order valence-electron chi connectivity index (χ4n) is 7.95. The zero-order chi connectivity index (χ0) is 47.7. The van der Waals surface area contributed by atoms with Gasteiger partial charge in [-0.05, 0) is 134 Å². The van der Waals surface area contributed by atoms with Gasteiger partial charge in [-0.1, -0.05) is 146 Å². The quantitative estimate of drug-likeness (QED) is 0.0338. The third-order valence-electron chi connectivity index (χ3n) is 11.3. The Kier molecular flexibility index (Phi) is 35.0. The molecule has 0 aliphatic heterocycles. The molecule has 8 aromatic rings. The molecule has 0 fully saturated rings. The SMILES string of the molecule is SCCC[PH+](c1ccccc1)c1ccccc1.SCCC[PH+](c1ccccc1)c1ccccc1.[Cu+].[Cu+].[S-]CCC[PH+](c1ccccc1)c1ccccc1.[S-]CCC[PH+](c1ccccc1)c1ccccc1. The minimum absolute atomic E-state index is 0. The van der Waals surface area contributed by atoms with Gasteiger partial charge in [0, 0.05) is 0 Å². The van der Waals surface area contributed by atoms with Gasteiger partial charge in [0.2, 0.25) is 0 Å². The molecule has 10 heteroatoms. The first-order valence-corrected chi connectivity index (χ1v) is 33.2. The van der Waals surface area contributed by atoms with Crippen LogP contribution in [0.25, 0.3) is 0 Å². The van der Waals surface area contributed by atoms with Gasteiger partial charge in [-0.25, -0.2) is 0 Å². The van der Waals surface area contributed by atoms with Crippen molar-refractivity contribution >= 4 is 125 Å². The van der Waals surface area contributed by atoms with Crippen molar-refractivity contribution in [1.29, 1.82) is 0 Å². The van der Waals surface area contributed by atoms with Gasteiger partial charge in [0.15, 0.2) is 0 Å². The van der Waals surface area contributed by atoms with Crippen LogP contribution in [0.1, 0.15) is 25.7 Å². The molecule has 0 unspecified atom stereocenters. The summed E-state index contributed by atoms with van der Waals surface area (Å²) in [5, 5.41) is 12.0. The molecule has 0 atom stereocenters. The van der Waals surface area contributed by atoms with Gasteiger partial charge >= 0.3 is 34.1 Å². The second-order valence-electron chi connectivity index (χ2n) is 16.1. The van der Waals surface area contributed by atoms with Crippen LogP contribution in [0.15, 0.2) is 243 Å². The van der Waals surface area contributed by atoms with Crippen LogP contribution in [0.5, 0.6) is 0 Å². The predicted octanol–water partition coefficient (Wildman–Crippen LogP) is 11.9. The van der Waals surface area contributed by atoms with Crippen molar-refractivity contribution in [3.05, 3.63) is 243 Å². The van der Waals surface area contributed by atoms with Gasteiger partial charge in [-0.2, -0.15) is 36.8 Å². The number of hydrogen-bond donors (Lipinski definition) is 2. The van der Waals surface area contributed by atoms with Crippen molar-refractivity contribution < 1.29 is 34.1 Å². The van der Waals surface area contributed by atoms with Crippen LogP contribution in [0.3, 0.4) is 0 Å². The first-order chi connectivity index (χ1) is 33.7. The van der Waals surface area contributed by atoms with Gasteiger partial charge < -0.3 is 25.3 Å². The molecule has 70 heavy (non-hydrogen) atoms. The van der Waals surface area contributed by atoms with Gasteiger partial charge in [0.05, 0.1) is 98.8 Å². The third kappa shape index (κ3) is 23.0. The Labute approximate surface area is 470 Å². The Hall–Kier alpha value is -2.08. The second kappa shape index (κ2) is 39.4. The Morgan fingerprint density at radius 2 is 0.386 bits per heavy atom. The Bertz CT molecular complexity index is 1910. The van der Waals surface area contributed by atoms with Crippen molar-refractivity contribution in [1.82, 2.24) is 0 Å². The second-order valence-corrected chi connectivity index (χ2v) is 28.3. The van der Waals surface area contributed by atoms with E-state index in [-0.39, 0.29) is 34.1 Å². The maximum absolute atomic E-state index is 5.09. The molecule has 0 saturated heterocycles. The van der Waals surface area contributed by atoms with Gasteiger partial charge in [0.1, 0.15) is 0 Å². The molecule has 0 radical (unpaired) electrons. The first kappa shape index (κ1) is 62.2. The molecule has 0 aliphatic carbocycles. The van der Waals surface area contributed by atoms with Crippen LogP contribution in [0.4, 0.5) is 0 Å². The summed E-state index contributed by atoms with van der Waals surface area (Å²) >= 11 is 18.8. The molecular weight excluding hydrogens is 1100 g/mol. The fraction of sp³-hybridized carbons (Fsp3) is 0.200. The predicted molar refractivity (Wildman–Crippen MR) is 332 cm³/mol. The molecule has 8 aromatic carbocycles. The van der Waals surface area contributed by atoms with Gasteiger partial charge in [-0.3, -0.25) is 0 Å². The standard InChI is InChI=1S/4C15H17PS.2Cu/c4*17-13-7-12-16(14-8-3-1-4-9-14)15-10-5-2-6-11-15;;/h4*1-6,8-11,17H,7,12-13H2;;/q;;;;2*+1/p+2. The molecule has 0 amide bonds. The molecule has 8 rings (SSSR count). The summed E-state index contributed by atoms with van der Waals surface area (Å²) in [4.78, 5) is 0. The van der Waals surface area contributed by atoms with Crippen LogP contribution < -0.4 is 42.4 Å². The summed E-state index contributed by atoms with van der Waals surface area (Å²) < 4.78 is 0. The summed E-state index contributed by atoms with van der Waals surface area (Å²) in [6.07, 6.45) is 9.69. The Balaban J connectivity index is 0.000000245. The molecule has 0 aromatic heterocycles. The van der Waals surface area contributed by atoms with E-state index in [0.29, 0.717) is 0 Å². The summed E-state index contributed by atoms with van der Waals surface area (Å²) in [7, 11) is -2.48. The van der Waals surface area contributed by atoms with E-state index in [2.05, 4.69) is 268 Å². The summed E-state index contributed by atoms with van der Waals surface area (Å²) in [5.41, 5.74) is 0. The molecule has 0 nitrogen and oxygen atoms in total. The van der Waals surface area contributed by atoms with Crippen molar-refractivity contribution in [2.24, 2.45) is 0 Å². The largest absolute Gasteiger partial charge is 1.00 e. The maximum atomic E-state index is 5.09. The number of hydrogen-bond acceptors (Lipinski definition) is 4. The van der Waals surface area contributed by atoms with Crippen molar-refractivity contribution in [2.45, 2.75) is 25.7 Å². The van der Waals surface area contributed by atoms with E-state index < -0.39 is 31.7 Å². The zero-order valence-electron chi connectivity index (χ0n) is 39.9. The molecular formula is C60H70Cu2P4S4+4. The molecule has 0 aliphatic rings. The van der Waals surface area contributed by atoms with E-state index in [4.69, 9.17) is 25.3 Å². The van der Waals surface area contributed by atoms with E-state index in [1.807, 2.05) is 0 Å². The minimum Gasteiger partial charge on any atom is -0.792 e. The van der Waals surface area contributed by atoms with E-state index in [9.17, 15) is 0 Å². The van der Waals surface area contributed by atoms with Crippen LogP contribution in [-0.4, -0.2) is 47.7 Å². The van der Waals surface area contributed by atoms with E-state index in [1.165, 1.54) is 79.9 Å². The van der Waals surface area contributed by atoms with Crippen LogP contribution in [-0.2, 0) is 59.4 Å². The molecule has 0 N–H and O–H groups in total. The van der Waals surface area contributed by atoms with Crippen molar-refractivity contribution in [2.75, 3.05) is 47.7 Å². The number of rotatable bonds is 20. The average Bonchev–Trinajstić information content (AvgIpc) is 3.42. The maximum Gasteiger partial charge on any atom is 1.00 e. The average molecular weight is 1170 g/mol.